The summed E-state index contributed by atoms with van der Waals surface area (Å²) in [6, 6.07) is 0. The minimum Gasteiger partial charge on any atom is -0.376 e. The molecule has 0 radical (unpaired) electrons. The molecule has 0 spiro atoms. The van der Waals surface area contributed by atoms with Crippen molar-refractivity contribution in [3.8, 4) is 0 Å². The van der Waals surface area contributed by atoms with Crippen LogP contribution in [0.1, 0.15) is 0 Å². The Balaban J connectivity index is 2.65. The van der Waals surface area contributed by atoms with Gasteiger partial charge >= 0.3 is 0 Å². The van der Waals surface area contributed by atoms with E-state index < -0.39 is 0 Å². The second-order valence-electron chi connectivity index (χ2n) is 2.83. The molecule has 0 saturated carbocycles. The number of rotatable bonds is 4. The van der Waals surface area contributed by atoms with Crippen LogP contribution in [-0.4, -0.2) is 50.4 Å². The molecule has 1 heterocycles. The summed E-state index contributed by atoms with van der Waals surface area (Å²) in [5.74, 6) is 0. The number of hydrogen-bond donors (Lipinski definition) is 0. The van der Waals surface area contributed by atoms with Crippen LogP contribution in [0.2, 0.25) is 0 Å². The Bertz CT molecular complexity index is 139. The third-order valence-corrected chi connectivity index (χ3v) is 3.06. The first-order valence-corrected chi connectivity index (χ1v) is 5.60. The molecule has 1 aliphatic rings. The Labute approximate surface area is 92.0 Å². The molecule has 0 unspecified atom stereocenters. The van der Waals surface area contributed by atoms with Gasteiger partial charge in [0.2, 0.25) is 0 Å². The van der Waals surface area contributed by atoms with Gasteiger partial charge < -0.3 is 18.9 Å². The quantitative estimate of drug-likeness (QED) is 0.569. The number of methoxy groups -OCH3 is 3. The van der Waals surface area contributed by atoms with Crippen LogP contribution in [0.5, 0.6) is 0 Å². The predicted octanol–water partition coefficient (Wildman–Crippen LogP) is 0.823. The average molecular weight is 302 g/mol. The summed E-state index contributed by atoms with van der Waals surface area (Å²) in [5, 5.41) is 0. The molecule has 1 rings (SSSR count). The first kappa shape index (κ1) is 11.6. The lowest BCUT2D eigenvalue weighted by molar-refractivity contribution is -0.153. The van der Waals surface area contributed by atoms with E-state index in [1.165, 1.54) is 0 Å². The maximum Gasteiger partial charge on any atom is 0.186 e. The molecule has 1 aliphatic heterocycles. The van der Waals surface area contributed by atoms with Crippen LogP contribution in [0.15, 0.2) is 0 Å². The van der Waals surface area contributed by atoms with Gasteiger partial charge in [0.1, 0.15) is 12.2 Å². The van der Waals surface area contributed by atoms with Crippen molar-refractivity contribution in [1.82, 2.24) is 0 Å². The Morgan fingerprint density at radius 2 is 1.69 bits per heavy atom. The monoisotopic (exact) mass is 302 g/mol. The highest BCUT2D eigenvalue weighted by atomic mass is 127. The minimum atomic E-state index is -0.310. The molecule has 78 valence electrons. The second kappa shape index (κ2) is 5.45. The van der Waals surface area contributed by atoms with Gasteiger partial charge in [0.25, 0.3) is 0 Å². The number of hydrogen-bond acceptors (Lipinski definition) is 4. The standard InChI is InChI=1S/C8H15IO4/c1-10-6-5(4-9)13-8(12-3)7(6)11-2/h5-8H,4H2,1-3H3/t5-,6-,7-,8-/m1/s1. The highest BCUT2D eigenvalue weighted by Gasteiger charge is 2.44. The molecule has 4 atom stereocenters. The van der Waals surface area contributed by atoms with Gasteiger partial charge in [-0.05, 0) is 0 Å². The van der Waals surface area contributed by atoms with Gasteiger partial charge in [-0.15, -0.1) is 0 Å². The van der Waals surface area contributed by atoms with E-state index in [1.54, 1.807) is 21.3 Å². The summed E-state index contributed by atoms with van der Waals surface area (Å²) in [6.45, 7) is 0. The van der Waals surface area contributed by atoms with Crippen molar-refractivity contribution in [3.63, 3.8) is 0 Å². The van der Waals surface area contributed by atoms with E-state index in [2.05, 4.69) is 22.6 Å². The van der Waals surface area contributed by atoms with Crippen LogP contribution in [0.25, 0.3) is 0 Å². The van der Waals surface area contributed by atoms with Gasteiger partial charge in [0.05, 0.1) is 6.10 Å². The fourth-order valence-electron chi connectivity index (χ4n) is 1.54. The fraction of sp³-hybridized carbons (Fsp3) is 1.00. The van der Waals surface area contributed by atoms with E-state index in [0.29, 0.717) is 0 Å². The number of alkyl halides is 1. The van der Waals surface area contributed by atoms with Crippen molar-refractivity contribution in [2.75, 3.05) is 25.8 Å². The van der Waals surface area contributed by atoms with E-state index in [1.807, 2.05) is 0 Å². The summed E-state index contributed by atoms with van der Waals surface area (Å²) in [7, 11) is 4.91. The maximum absolute atomic E-state index is 5.59. The molecule has 0 aromatic heterocycles. The zero-order valence-electron chi connectivity index (χ0n) is 8.03. The van der Waals surface area contributed by atoms with Crippen molar-refractivity contribution < 1.29 is 18.9 Å². The first-order valence-electron chi connectivity index (χ1n) is 4.08. The summed E-state index contributed by atoms with van der Waals surface area (Å²) in [6.07, 6.45) is -0.420. The molecule has 1 saturated heterocycles. The van der Waals surface area contributed by atoms with Gasteiger partial charge in [0, 0.05) is 25.8 Å². The van der Waals surface area contributed by atoms with Gasteiger partial charge in [-0.2, -0.15) is 0 Å². The molecular weight excluding hydrogens is 287 g/mol. The lowest BCUT2D eigenvalue weighted by Crippen LogP contribution is -2.37. The van der Waals surface area contributed by atoms with Gasteiger partial charge in [0.15, 0.2) is 6.29 Å². The number of ether oxygens (including phenoxy) is 4. The second-order valence-corrected chi connectivity index (χ2v) is 3.71. The zero-order chi connectivity index (χ0) is 9.84. The highest BCUT2D eigenvalue weighted by molar-refractivity contribution is 14.1. The molecule has 0 aromatic rings. The van der Waals surface area contributed by atoms with Gasteiger partial charge in [-0.3, -0.25) is 0 Å². The van der Waals surface area contributed by atoms with Crippen LogP contribution in [0.3, 0.4) is 0 Å². The van der Waals surface area contributed by atoms with Gasteiger partial charge in [-0.25, -0.2) is 0 Å². The Morgan fingerprint density at radius 3 is 2.08 bits per heavy atom. The lowest BCUT2D eigenvalue weighted by Gasteiger charge is -2.19. The van der Waals surface area contributed by atoms with Crippen molar-refractivity contribution in [2.24, 2.45) is 0 Å². The molecular formula is C8H15IO4. The Morgan fingerprint density at radius 1 is 1.08 bits per heavy atom. The van der Waals surface area contributed by atoms with Crippen molar-refractivity contribution in [3.05, 3.63) is 0 Å². The molecule has 5 heteroatoms. The maximum atomic E-state index is 5.59. The van der Waals surface area contributed by atoms with Crippen LogP contribution >= 0.6 is 22.6 Å². The fourth-order valence-corrected chi connectivity index (χ4v) is 2.25. The number of halogens is 1. The van der Waals surface area contributed by atoms with Crippen molar-refractivity contribution in [1.29, 1.82) is 0 Å². The van der Waals surface area contributed by atoms with E-state index >= 15 is 0 Å². The first-order chi connectivity index (χ1) is 6.28. The average Bonchev–Trinajstić information content (AvgIpc) is 2.54. The van der Waals surface area contributed by atoms with Crippen LogP contribution < -0.4 is 0 Å². The van der Waals surface area contributed by atoms with E-state index in [4.69, 9.17) is 18.9 Å². The molecule has 0 N–H and O–H groups in total. The Hall–Kier alpha value is 0.570. The Kier molecular flexibility index (Phi) is 4.88. The van der Waals surface area contributed by atoms with E-state index in [9.17, 15) is 0 Å². The zero-order valence-corrected chi connectivity index (χ0v) is 10.2. The normalized spacial score (nSPS) is 39.7. The minimum absolute atomic E-state index is 0.0353. The van der Waals surface area contributed by atoms with E-state index in [-0.39, 0.29) is 24.6 Å². The molecule has 0 bridgehead atoms. The van der Waals surface area contributed by atoms with Crippen LogP contribution in [0, 0.1) is 0 Å². The lowest BCUT2D eigenvalue weighted by atomic mass is 10.1. The van der Waals surface area contributed by atoms with Crippen molar-refractivity contribution >= 4 is 22.6 Å². The third-order valence-electron chi connectivity index (χ3n) is 2.20. The van der Waals surface area contributed by atoms with Crippen LogP contribution in [-0.2, 0) is 18.9 Å². The largest absolute Gasteiger partial charge is 0.376 e. The third kappa shape index (κ3) is 2.33. The molecule has 0 aliphatic carbocycles. The summed E-state index contributed by atoms with van der Waals surface area (Å²) >= 11 is 2.26. The summed E-state index contributed by atoms with van der Waals surface area (Å²) in [5.41, 5.74) is 0. The highest BCUT2D eigenvalue weighted by Crippen LogP contribution is 2.27. The topological polar surface area (TPSA) is 36.9 Å². The summed E-state index contributed by atoms with van der Waals surface area (Å²) in [4.78, 5) is 0. The molecule has 0 aromatic carbocycles. The summed E-state index contributed by atoms with van der Waals surface area (Å²) < 4.78 is 22.2. The smallest absolute Gasteiger partial charge is 0.186 e. The van der Waals surface area contributed by atoms with E-state index in [0.717, 1.165) is 4.43 Å². The van der Waals surface area contributed by atoms with Crippen LogP contribution in [0.4, 0.5) is 0 Å². The van der Waals surface area contributed by atoms with Gasteiger partial charge in [-0.1, -0.05) is 22.6 Å². The molecule has 1 fully saturated rings. The molecule has 13 heavy (non-hydrogen) atoms. The molecule has 4 nitrogen and oxygen atoms in total. The SMILES string of the molecule is CO[C@@H]1O[C@H](CI)[C@@H](OC)[C@H]1OC. The predicted molar refractivity (Wildman–Crippen MR) is 56.2 cm³/mol. The molecule has 0 amide bonds. The van der Waals surface area contributed by atoms with Crippen molar-refractivity contribution in [2.45, 2.75) is 24.6 Å².